The first-order valence-corrected chi connectivity index (χ1v) is 8.15. The SMILES string of the molecule is C/C=C/C#Cc1ccc(-n2c(=O)c3cc(F)ccc3n(C)c2=O)c(Cl)c1. The first-order valence-electron chi connectivity index (χ1n) is 7.78. The van der Waals surface area contributed by atoms with Crippen molar-refractivity contribution in [3.05, 3.63) is 85.8 Å². The van der Waals surface area contributed by atoms with Crippen molar-refractivity contribution in [3.8, 4) is 17.5 Å². The van der Waals surface area contributed by atoms with Crippen LogP contribution < -0.4 is 11.2 Å². The van der Waals surface area contributed by atoms with E-state index in [9.17, 15) is 14.0 Å². The van der Waals surface area contributed by atoms with Gasteiger partial charge in [-0.2, -0.15) is 0 Å². The van der Waals surface area contributed by atoms with Crippen LogP contribution in [-0.4, -0.2) is 9.13 Å². The van der Waals surface area contributed by atoms with Crippen LogP contribution in [0.2, 0.25) is 5.02 Å². The normalized spacial score (nSPS) is 10.9. The summed E-state index contributed by atoms with van der Waals surface area (Å²) in [5.74, 6) is 5.18. The lowest BCUT2D eigenvalue weighted by molar-refractivity contribution is 0.628. The summed E-state index contributed by atoms with van der Waals surface area (Å²) in [4.78, 5) is 25.5. The third kappa shape index (κ3) is 3.07. The fourth-order valence-electron chi connectivity index (χ4n) is 2.62. The Hall–Kier alpha value is -3.10. The molecule has 0 bridgehead atoms. The third-order valence-corrected chi connectivity index (χ3v) is 4.19. The molecule has 2 aromatic carbocycles. The Bertz CT molecular complexity index is 1230. The molecular formula is C20H14ClFN2O2. The first kappa shape index (κ1) is 17.7. The minimum absolute atomic E-state index is 0.0973. The molecule has 130 valence electrons. The first-order chi connectivity index (χ1) is 12.4. The minimum Gasteiger partial charge on any atom is -0.296 e. The molecule has 3 rings (SSSR count). The van der Waals surface area contributed by atoms with Crippen molar-refractivity contribution in [1.82, 2.24) is 9.13 Å². The van der Waals surface area contributed by atoms with Gasteiger partial charge in [0.15, 0.2) is 0 Å². The lowest BCUT2D eigenvalue weighted by Crippen LogP contribution is -2.38. The molecule has 0 spiro atoms. The summed E-state index contributed by atoms with van der Waals surface area (Å²) in [5, 5.41) is 0.298. The molecule has 0 radical (unpaired) electrons. The van der Waals surface area contributed by atoms with Gasteiger partial charge in [0.05, 0.1) is 21.6 Å². The summed E-state index contributed by atoms with van der Waals surface area (Å²) in [6.45, 7) is 1.86. The number of aromatic nitrogens is 2. The Balaban J connectivity index is 2.28. The highest BCUT2D eigenvalue weighted by Gasteiger charge is 2.15. The molecule has 0 aliphatic carbocycles. The van der Waals surface area contributed by atoms with Gasteiger partial charge in [0.2, 0.25) is 0 Å². The molecule has 0 amide bonds. The predicted octanol–water partition coefficient (Wildman–Crippen LogP) is 3.41. The van der Waals surface area contributed by atoms with E-state index in [0.717, 1.165) is 10.6 Å². The van der Waals surface area contributed by atoms with Gasteiger partial charge in [-0.15, -0.1) is 0 Å². The van der Waals surface area contributed by atoms with E-state index in [-0.39, 0.29) is 16.1 Å². The lowest BCUT2D eigenvalue weighted by atomic mass is 10.2. The molecule has 26 heavy (non-hydrogen) atoms. The Labute approximate surface area is 153 Å². The van der Waals surface area contributed by atoms with Crippen molar-refractivity contribution in [2.24, 2.45) is 7.05 Å². The Morgan fingerprint density at radius 3 is 2.62 bits per heavy atom. The maximum atomic E-state index is 13.6. The van der Waals surface area contributed by atoms with Crippen molar-refractivity contribution >= 4 is 22.5 Å². The van der Waals surface area contributed by atoms with E-state index in [1.807, 2.05) is 6.92 Å². The molecule has 0 fully saturated rings. The van der Waals surface area contributed by atoms with Crippen molar-refractivity contribution in [3.63, 3.8) is 0 Å². The number of benzene rings is 2. The quantitative estimate of drug-likeness (QED) is 0.618. The average Bonchev–Trinajstić information content (AvgIpc) is 2.62. The van der Waals surface area contributed by atoms with E-state index in [4.69, 9.17) is 11.6 Å². The maximum absolute atomic E-state index is 13.6. The van der Waals surface area contributed by atoms with Gasteiger partial charge in [0.25, 0.3) is 5.56 Å². The highest BCUT2D eigenvalue weighted by molar-refractivity contribution is 6.32. The zero-order chi connectivity index (χ0) is 18.8. The molecule has 0 unspecified atom stereocenters. The van der Waals surface area contributed by atoms with Crippen molar-refractivity contribution in [2.75, 3.05) is 0 Å². The van der Waals surface area contributed by atoms with Crippen LogP contribution in [0.25, 0.3) is 16.6 Å². The zero-order valence-electron chi connectivity index (χ0n) is 14.1. The van der Waals surface area contributed by atoms with Crippen molar-refractivity contribution in [2.45, 2.75) is 6.92 Å². The fourth-order valence-corrected chi connectivity index (χ4v) is 2.88. The van der Waals surface area contributed by atoms with Crippen molar-refractivity contribution in [1.29, 1.82) is 0 Å². The number of fused-ring (bicyclic) bond motifs is 1. The minimum atomic E-state index is -0.628. The molecule has 6 heteroatoms. The summed E-state index contributed by atoms with van der Waals surface area (Å²) >= 11 is 6.29. The molecular weight excluding hydrogens is 355 g/mol. The largest absolute Gasteiger partial charge is 0.335 e. The van der Waals surface area contributed by atoms with Crippen LogP contribution in [0.5, 0.6) is 0 Å². The molecule has 1 heterocycles. The molecule has 4 nitrogen and oxygen atoms in total. The molecule has 0 N–H and O–H groups in total. The van der Waals surface area contributed by atoms with E-state index in [1.165, 1.54) is 23.7 Å². The van der Waals surface area contributed by atoms with Crippen LogP contribution >= 0.6 is 11.6 Å². The van der Waals surface area contributed by atoms with Crippen LogP contribution in [0.4, 0.5) is 4.39 Å². The van der Waals surface area contributed by atoms with Gasteiger partial charge in [0.1, 0.15) is 5.82 Å². The average molecular weight is 369 g/mol. The van der Waals surface area contributed by atoms with Crippen LogP contribution in [0.15, 0.2) is 58.1 Å². The van der Waals surface area contributed by atoms with Gasteiger partial charge in [-0.05, 0) is 49.4 Å². The number of hydrogen-bond donors (Lipinski definition) is 0. The molecule has 0 aliphatic rings. The van der Waals surface area contributed by atoms with Gasteiger partial charge in [0, 0.05) is 12.6 Å². The highest BCUT2D eigenvalue weighted by atomic mass is 35.5. The van der Waals surface area contributed by atoms with Crippen LogP contribution in [-0.2, 0) is 7.05 Å². The number of nitrogens with zero attached hydrogens (tertiary/aromatic N) is 2. The maximum Gasteiger partial charge on any atom is 0.335 e. The standard InChI is InChI=1S/C20H14ClFN2O2/c1-3-4-5-6-13-7-9-18(16(21)11-13)24-19(25)15-12-14(22)8-10-17(15)23(2)20(24)26/h3-4,7-12H,1-2H3/b4-3+. The molecule has 0 atom stereocenters. The second-order valence-corrected chi connectivity index (χ2v) is 5.99. The highest BCUT2D eigenvalue weighted by Crippen LogP contribution is 2.20. The third-order valence-electron chi connectivity index (χ3n) is 3.89. The van der Waals surface area contributed by atoms with Crippen LogP contribution in [0.1, 0.15) is 12.5 Å². The van der Waals surface area contributed by atoms with E-state index >= 15 is 0 Å². The van der Waals surface area contributed by atoms with Gasteiger partial charge < -0.3 is 0 Å². The van der Waals surface area contributed by atoms with Crippen LogP contribution in [0.3, 0.4) is 0 Å². The summed E-state index contributed by atoms with van der Waals surface area (Å²) < 4.78 is 15.8. The van der Waals surface area contributed by atoms with Gasteiger partial charge in [-0.25, -0.2) is 13.8 Å². The summed E-state index contributed by atoms with van der Waals surface area (Å²) in [6, 6.07) is 8.51. The Morgan fingerprint density at radius 2 is 1.92 bits per heavy atom. The smallest absolute Gasteiger partial charge is 0.296 e. The number of halogens is 2. The van der Waals surface area contributed by atoms with Gasteiger partial charge in [-0.1, -0.05) is 29.5 Å². The summed E-state index contributed by atoms with van der Waals surface area (Å²) in [7, 11) is 1.52. The lowest BCUT2D eigenvalue weighted by Gasteiger charge is -2.12. The Kier molecular flexibility index (Phi) is 4.79. The fraction of sp³-hybridized carbons (Fsp3) is 0.100. The molecule has 0 saturated heterocycles. The summed E-state index contributed by atoms with van der Waals surface area (Å²) in [5.41, 5.74) is 0.0252. The molecule has 0 aliphatic heterocycles. The van der Waals surface area contributed by atoms with E-state index in [1.54, 1.807) is 30.4 Å². The van der Waals surface area contributed by atoms with E-state index < -0.39 is 17.1 Å². The second kappa shape index (κ2) is 7.03. The predicted molar refractivity (Wildman–Crippen MR) is 101 cm³/mol. The molecule has 0 saturated carbocycles. The van der Waals surface area contributed by atoms with Gasteiger partial charge in [-0.3, -0.25) is 9.36 Å². The molecule has 3 aromatic rings. The number of hydrogen-bond acceptors (Lipinski definition) is 2. The summed E-state index contributed by atoms with van der Waals surface area (Å²) in [6.07, 6.45) is 3.50. The number of aryl methyl sites for hydroxylation is 1. The van der Waals surface area contributed by atoms with E-state index in [2.05, 4.69) is 11.8 Å². The van der Waals surface area contributed by atoms with Crippen molar-refractivity contribution < 1.29 is 4.39 Å². The topological polar surface area (TPSA) is 44.0 Å². The monoisotopic (exact) mass is 368 g/mol. The van der Waals surface area contributed by atoms with E-state index in [0.29, 0.717) is 11.1 Å². The zero-order valence-corrected chi connectivity index (χ0v) is 14.8. The number of allylic oxidation sites excluding steroid dienone is 2. The van der Waals surface area contributed by atoms with Crippen LogP contribution in [0, 0.1) is 17.7 Å². The Morgan fingerprint density at radius 1 is 1.15 bits per heavy atom. The second-order valence-electron chi connectivity index (χ2n) is 5.58. The molecule has 1 aromatic heterocycles. The number of rotatable bonds is 1. The van der Waals surface area contributed by atoms with Gasteiger partial charge >= 0.3 is 5.69 Å².